The van der Waals surface area contributed by atoms with E-state index in [9.17, 15) is 0 Å². The van der Waals surface area contributed by atoms with E-state index in [1.807, 2.05) is 30.5 Å². The molecule has 0 fully saturated rings. The standard InChI is InChI=1S/C40H29N3O/c1-2-8-29(9-3-1)30-14-18-33(19-15-30)43(35-24-22-32(23-25-35)42-27-7-26-41-28-42)34-20-16-31(17-21-34)36-11-6-12-38-37-10-4-5-13-39(37)44-40(36)38/h1-27H,28H2. The number of benzene rings is 6. The fourth-order valence-electron chi connectivity index (χ4n) is 5.99. The third-order valence-electron chi connectivity index (χ3n) is 8.20. The maximum absolute atomic E-state index is 6.34. The van der Waals surface area contributed by atoms with Crippen LogP contribution in [-0.4, -0.2) is 12.9 Å². The van der Waals surface area contributed by atoms with Crippen LogP contribution in [0.15, 0.2) is 167 Å². The molecule has 1 aromatic heterocycles. The summed E-state index contributed by atoms with van der Waals surface area (Å²) >= 11 is 0. The molecule has 1 aliphatic heterocycles. The van der Waals surface area contributed by atoms with Crippen molar-refractivity contribution >= 4 is 50.9 Å². The summed E-state index contributed by atoms with van der Waals surface area (Å²) in [5.74, 6) is 0. The zero-order chi connectivity index (χ0) is 29.3. The average Bonchev–Trinajstić information content (AvgIpc) is 3.49. The van der Waals surface area contributed by atoms with Crippen LogP contribution in [0.1, 0.15) is 0 Å². The van der Waals surface area contributed by atoms with Gasteiger partial charge in [-0.3, -0.25) is 4.99 Å². The molecule has 0 amide bonds. The highest BCUT2D eigenvalue weighted by atomic mass is 16.3. The van der Waals surface area contributed by atoms with E-state index in [2.05, 4.69) is 148 Å². The molecule has 0 unspecified atom stereocenters. The molecule has 0 radical (unpaired) electrons. The van der Waals surface area contributed by atoms with Gasteiger partial charge in [-0.15, -0.1) is 0 Å². The summed E-state index contributed by atoms with van der Waals surface area (Å²) in [5.41, 5.74) is 10.8. The Morgan fingerprint density at radius 3 is 1.86 bits per heavy atom. The second kappa shape index (κ2) is 11.1. The number of rotatable bonds is 6. The molecule has 0 saturated carbocycles. The Morgan fingerprint density at radius 1 is 0.545 bits per heavy atom. The minimum atomic E-state index is 0.625. The van der Waals surface area contributed by atoms with Crippen LogP contribution < -0.4 is 9.80 Å². The van der Waals surface area contributed by atoms with Crippen LogP contribution >= 0.6 is 0 Å². The summed E-state index contributed by atoms with van der Waals surface area (Å²) in [4.78, 5) is 8.82. The first-order chi connectivity index (χ1) is 21.8. The molecule has 1 aliphatic rings. The van der Waals surface area contributed by atoms with Gasteiger partial charge in [-0.05, 0) is 77.4 Å². The van der Waals surface area contributed by atoms with Crippen molar-refractivity contribution in [2.75, 3.05) is 16.5 Å². The molecular weight excluding hydrogens is 538 g/mol. The summed E-state index contributed by atoms with van der Waals surface area (Å²) in [6, 6.07) is 51.3. The third-order valence-corrected chi connectivity index (χ3v) is 8.20. The fourth-order valence-corrected chi connectivity index (χ4v) is 5.99. The first-order valence-electron chi connectivity index (χ1n) is 14.8. The molecule has 210 valence electrons. The molecule has 0 aliphatic carbocycles. The topological polar surface area (TPSA) is 32.0 Å². The summed E-state index contributed by atoms with van der Waals surface area (Å²) in [6.07, 6.45) is 5.86. The molecule has 44 heavy (non-hydrogen) atoms. The Balaban J connectivity index is 1.18. The Morgan fingerprint density at radius 2 is 1.16 bits per heavy atom. The largest absolute Gasteiger partial charge is 0.455 e. The number of hydrogen-bond acceptors (Lipinski definition) is 4. The molecule has 0 N–H and O–H groups in total. The third kappa shape index (κ3) is 4.73. The van der Waals surface area contributed by atoms with Gasteiger partial charge >= 0.3 is 0 Å². The van der Waals surface area contributed by atoms with Gasteiger partial charge in [-0.2, -0.15) is 0 Å². The Labute approximate surface area is 256 Å². The van der Waals surface area contributed by atoms with E-state index in [0.717, 1.165) is 55.8 Å². The molecular formula is C40H29N3O. The zero-order valence-corrected chi connectivity index (χ0v) is 24.0. The molecule has 0 saturated heterocycles. The second-order valence-corrected chi connectivity index (χ2v) is 10.9. The smallest absolute Gasteiger partial charge is 0.143 e. The zero-order valence-electron chi connectivity index (χ0n) is 24.0. The van der Waals surface area contributed by atoms with E-state index < -0.39 is 0 Å². The highest BCUT2D eigenvalue weighted by molar-refractivity contribution is 6.09. The minimum Gasteiger partial charge on any atom is -0.455 e. The average molecular weight is 568 g/mol. The second-order valence-electron chi connectivity index (χ2n) is 10.9. The maximum atomic E-state index is 6.34. The lowest BCUT2D eigenvalue weighted by Crippen LogP contribution is -2.18. The van der Waals surface area contributed by atoms with Crippen molar-refractivity contribution in [1.29, 1.82) is 0 Å². The van der Waals surface area contributed by atoms with Crippen molar-refractivity contribution in [2.24, 2.45) is 4.99 Å². The highest BCUT2D eigenvalue weighted by Crippen LogP contribution is 2.39. The van der Waals surface area contributed by atoms with Crippen molar-refractivity contribution < 1.29 is 4.42 Å². The number of fused-ring (bicyclic) bond motifs is 3. The summed E-state index contributed by atoms with van der Waals surface area (Å²) in [6.45, 7) is 0.625. The molecule has 8 rings (SSSR count). The predicted molar refractivity (Wildman–Crippen MR) is 184 cm³/mol. The molecule has 4 heteroatoms. The summed E-state index contributed by atoms with van der Waals surface area (Å²) < 4.78 is 6.34. The normalized spacial score (nSPS) is 12.7. The molecule has 7 aromatic rings. The number of para-hydroxylation sites is 2. The van der Waals surface area contributed by atoms with E-state index in [0.29, 0.717) is 6.67 Å². The van der Waals surface area contributed by atoms with Gasteiger partial charge < -0.3 is 14.2 Å². The van der Waals surface area contributed by atoms with E-state index >= 15 is 0 Å². The Bertz CT molecular complexity index is 2130. The first kappa shape index (κ1) is 25.8. The molecule has 4 nitrogen and oxygen atoms in total. The van der Waals surface area contributed by atoms with Crippen molar-refractivity contribution in [3.05, 3.63) is 158 Å². The lowest BCUT2D eigenvalue weighted by atomic mass is 10.0. The van der Waals surface area contributed by atoms with Gasteiger partial charge in [0.2, 0.25) is 0 Å². The number of aliphatic imine (C=N–C) groups is 1. The number of furan rings is 1. The van der Waals surface area contributed by atoms with Crippen LogP contribution in [0.4, 0.5) is 22.7 Å². The van der Waals surface area contributed by atoms with Gasteiger partial charge in [0, 0.05) is 51.5 Å². The van der Waals surface area contributed by atoms with Crippen LogP contribution in [0.5, 0.6) is 0 Å². The van der Waals surface area contributed by atoms with E-state index in [4.69, 9.17) is 4.42 Å². The van der Waals surface area contributed by atoms with Crippen molar-refractivity contribution in [3.63, 3.8) is 0 Å². The summed E-state index contributed by atoms with van der Waals surface area (Å²) in [7, 11) is 0. The van der Waals surface area contributed by atoms with Crippen molar-refractivity contribution in [2.45, 2.75) is 0 Å². The lowest BCUT2D eigenvalue weighted by molar-refractivity contribution is 0.670. The quantitative estimate of drug-likeness (QED) is 0.200. The van der Waals surface area contributed by atoms with Gasteiger partial charge in [0.05, 0.1) is 0 Å². The number of anilines is 4. The maximum Gasteiger partial charge on any atom is 0.143 e. The van der Waals surface area contributed by atoms with Crippen molar-refractivity contribution in [3.8, 4) is 22.3 Å². The molecule has 6 aromatic carbocycles. The summed E-state index contributed by atoms with van der Waals surface area (Å²) in [5, 5.41) is 2.28. The highest BCUT2D eigenvalue weighted by Gasteiger charge is 2.16. The molecule has 2 heterocycles. The van der Waals surface area contributed by atoms with E-state index in [1.165, 1.54) is 11.1 Å². The number of nitrogens with zero attached hydrogens (tertiary/aromatic N) is 3. The van der Waals surface area contributed by atoms with Gasteiger partial charge in [0.25, 0.3) is 0 Å². The Kier molecular flexibility index (Phi) is 6.50. The molecule has 0 spiro atoms. The predicted octanol–water partition coefficient (Wildman–Crippen LogP) is 10.8. The fraction of sp³-hybridized carbons (Fsp3) is 0.0250. The van der Waals surface area contributed by atoms with Crippen LogP contribution in [-0.2, 0) is 0 Å². The van der Waals surface area contributed by atoms with Gasteiger partial charge in [0.15, 0.2) is 0 Å². The van der Waals surface area contributed by atoms with E-state index in [-0.39, 0.29) is 0 Å². The van der Waals surface area contributed by atoms with Crippen LogP contribution in [0.25, 0.3) is 44.2 Å². The lowest BCUT2D eigenvalue weighted by Gasteiger charge is -2.27. The Hall–Kier alpha value is -5.87. The monoisotopic (exact) mass is 567 g/mol. The van der Waals surface area contributed by atoms with Crippen LogP contribution in [0.2, 0.25) is 0 Å². The van der Waals surface area contributed by atoms with E-state index in [1.54, 1.807) is 0 Å². The first-order valence-corrected chi connectivity index (χ1v) is 14.8. The van der Waals surface area contributed by atoms with Gasteiger partial charge in [-0.1, -0.05) is 91.0 Å². The molecule has 0 atom stereocenters. The van der Waals surface area contributed by atoms with Gasteiger partial charge in [-0.25, -0.2) is 0 Å². The van der Waals surface area contributed by atoms with Gasteiger partial charge in [0.1, 0.15) is 17.8 Å². The minimum absolute atomic E-state index is 0.625. The van der Waals surface area contributed by atoms with Crippen molar-refractivity contribution in [1.82, 2.24) is 0 Å². The number of allylic oxidation sites excluding steroid dienone is 1. The van der Waals surface area contributed by atoms with Crippen LogP contribution in [0, 0.1) is 0 Å². The SMILES string of the molecule is C1=CN(c2ccc(N(c3ccc(-c4ccccc4)cc3)c3ccc(-c4cccc5c4oc4ccccc45)cc3)cc2)CN=C1. The molecule has 0 bridgehead atoms. The number of hydrogen-bond donors (Lipinski definition) is 0. The van der Waals surface area contributed by atoms with Crippen LogP contribution in [0.3, 0.4) is 0 Å².